The predicted octanol–water partition coefficient (Wildman–Crippen LogP) is 0.454. The minimum absolute atomic E-state index is 0.104. The summed E-state index contributed by atoms with van der Waals surface area (Å²) in [5.41, 5.74) is 6.28. The van der Waals surface area contributed by atoms with Crippen molar-refractivity contribution in [1.29, 1.82) is 0 Å². The van der Waals surface area contributed by atoms with Crippen molar-refractivity contribution in [3.05, 3.63) is 23.0 Å². The average molecular weight is 306 g/mol. The van der Waals surface area contributed by atoms with Crippen LogP contribution in [0.5, 0.6) is 0 Å². The van der Waals surface area contributed by atoms with Crippen molar-refractivity contribution in [2.24, 2.45) is 5.73 Å². The third-order valence-corrected chi connectivity index (χ3v) is 4.13. The van der Waals surface area contributed by atoms with E-state index in [0.29, 0.717) is 36.3 Å². The Kier molecular flexibility index (Phi) is 4.75. The van der Waals surface area contributed by atoms with E-state index >= 15 is 0 Å². The van der Waals surface area contributed by atoms with Gasteiger partial charge in [-0.3, -0.25) is 9.59 Å². The molecule has 2 N–H and O–H groups in total. The van der Waals surface area contributed by atoms with Gasteiger partial charge < -0.3 is 15.4 Å². The third-order valence-electron chi connectivity index (χ3n) is 4.13. The zero-order chi connectivity index (χ0) is 16.3. The van der Waals surface area contributed by atoms with Crippen LogP contribution in [0, 0.1) is 6.92 Å². The molecule has 0 aliphatic carbocycles. The molecule has 0 radical (unpaired) electrons. The first-order chi connectivity index (χ1) is 10.5. The van der Waals surface area contributed by atoms with Crippen molar-refractivity contribution >= 4 is 11.8 Å². The lowest BCUT2D eigenvalue weighted by Gasteiger charge is -2.35. The highest BCUT2D eigenvalue weighted by Crippen LogP contribution is 2.31. The first-order valence-electron chi connectivity index (χ1n) is 7.40. The second-order valence-corrected chi connectivity index (χ2v) is 5.59. The summed E-state index contributed by atoms with van der Waals surface area (Å²) in [6.07, 6.45) is 1.83. The van der Waals surface area contributed by atoms with Crippen molar-refractivity contribution in [3.63, 3.8) is 0 Å². The number of aryl methyl sites for hydroxylation is 2. The van der Waals surface area contributed by atoms with Crippen LogP contribution in [0.4, 0.5) is 0 Å². The predicted molar refractivity (Wildman–Crippen MR) is 80.2 cm³/mol. The second kappa shape index (κ2) is 6.39. The lowest BCUT2D eigenvalue weighted by atomic mass is 9.95. The van der Waals surface area contributed by atoms with E-state index in [4.69, 9.17) is 10.5 Å². The quantitative estimate of drug-likeness (QED) is 0.852. The Balaban J connectivity index is 2.43. The summed E-state index contributed by atoms with van der Waals surface area (Å²) in [6, 6.07) is 1.71. The van der Waals surface area contributed by atoms with Crippen molar-refractivity contribution in [2.45, 2.75) is 38.6 Å². The SMILES string of the molecule is CCc1nnc(C)cc1C(=O)N1CCCC1(COC)C(N)=O. The fraction of sp³-hybridized carbons (Fsp3) is 0.600. The molecule has 0 aromatic carbocycles. The molecule has 2 heterocycles. The lowest BCUT2D eigenvalue weighted by molar-refractivity contribution is -0.130. The Morgan fingerprint density at radius 1 is 1.45 bits per heavy atom. The Hall–Kier alpha value is -2.02. The van der Waals surface area contributed by atoms with Crippen LogP contribution >= 0.6 is 0 Å². The van der Waals surface area contributed by atoms with Crippen molar-refractivity contribution < 1.29 is 14.3 Å². The van der Waals surface area contributed by atoms with E-state index in [1.165, 1.54) is 12.0 Å². The molecular formula is C15H22N4O3. The summed E-state index contributed by atoms with van der Waals surface area (Å²) in [6.45, 7) is 4.28. The fourth-order valence-electron chi connectivity index (χ4n) is 3.00. The number of amides is 2. The van der Waals surface area contributed by atoms with E-state index in [2.05, 4.69) is 10.2 Å². The molecule has 1 aromatic rings. The number of rotatable bonds is 5. The first-order valence-corrected chi connectivity index (χ1v) is 7.40. The monoisotopic (exact) mass is 306 g/mol. The number of methoxy groups -OCH3 is 1. The number of likely N-dealkylation sites (tertiary alicyclic amines) is 1. The van der Waals surface area contributed by atoms with Crippen LogP contribution in [0.25, 0.3) is 0 Å². The summed E-state index contributed by atoms with van der Waals surface area (Å²) in [5.74, 6) is -0.764. The molecular weight excluding hydrogens is 284 g/mol. The minimum Gasteiger partial charge on any atom is -0.382 e. The van der Waals surface area contributed by atoms with Gasteiger partial charge in [0.2, 0.25) is 5.91 Å². The average Bonchev–Trinajstić information content (AvgIpc) is 2.92. The fourth-order valence-corrected chi connectivity index (χ4v) is 3.00. The van der Waals surface area contributed by atoms with Crippen LogP contribution < -0.4 is 5.73 Å². The molecule has 1 fully saturated rings. The molecule has 120 valence electrons. The molecule has 2 amide bonds. The molecule has 7 nitrogen and oxygen atoms in total. The summed E-state index contributed by atoms with van der Waals surface area (Å²) >= 11 is 0. The molecule has 1 unspecified atom stereocenters. The van der Waals surface area contributed by atoms with Gasteiger partial charge in [-0.25, -0.2) is 0 Å². The molecule has 1 saturated heterocycles. The molecule has 22 heavy (non-hydrogen) atoms. The maximum Gasteiger partial charge on any atom is 0.256 e. The zero-order valence-electron chi connectivity index (χ0n) is 13.3. The molecule has 7 heteroatoms. The summed E-state index contributed by atoms with van der Waals surface area (Å²) in [4.78, 5) is 26.5. The van der Waals surface area contributed by atoms with E-state index in [1.807, 2.05) is 6.92 Å². The Labute approximate surface area is 129 Å². The third kappa shape index (κ3) is 2.68. The van der Waals surface area contributed by atoms with Gasteiger partial charge >= 0.3 is 0 Å². The van der Waals surface area contributed by atoms with Gasteiger partial charge in [0.15, 0.2) is 0 Å². The highest BCUT2D eigenvalue weighted by atomic mass is 16.5. The van der Waals surface area contributed by atoms with Crippen molar-refractivity contribution in [3.8, 4) is 0 Å². The molecule has 1 aromatic heterocycles. The van der Waals surface area contributed by atoms with E-state index in [9.17, 15) is 9.59 Å². The molecule has 0 saturated carbocycles. The zero-order valence-corrected chi connectivity index (χ0v) is 13.3. The number of ether oxygens (including phenoxy) is 1. The van der Waals surface area contributed by atoms with E-state index in [1.54, 1.807) is 13.0 Å². The van der Waals surface area contributed by atoms with Gasteiger partial charge in [0.25, 0.3) is 5.91 Å². The molecule has 1 aliphatic heterocycles. The van der Waals surface area contributed by atoms with Crippen molar-refractivity contribution in [2.75, 3.05) is 20.3 Å². The minimum atomic E-state index is -1.08. The number of nitrogens with zero attached hydrogens (tertiary/aromatic N) is 3. The normalized spacial score (nSPS) is 21.1. The Morgan fingerprint density at radius 3 is 2.77 bits per heavy atom. The molecule has 0 bridgehead atoms. The number of aromatic nitrogens is 2. The highest BCUT2D eigenvalue weighted by molar-refractivity contribution is 6.00. The maximum atomic E-state index is 13.0. The lowest BCUT2D eigenvalue weighted by Crippen LogP contribution is -2.58. The van der Waals surface area contributed by atoms with E-state index < -0.39 is 11.4 Å². The number of carbonyl (C=O) groups is 2. The van der Waals surface area contributed by atoms with E-state index in [0.717, 1.165) is 6.42 Å². The Morgan fingerprint density at radius 2 is 2.18 bits per heavy atom. The Bertz CT molecular complexity index is 590. The maximum absolute atomic E-state index is 13.0. The number of primary amides is 1. The van der Waals surface area contributed by atoms with Crippen LogP contribution in [-0.2, 0) is 16.0 Å². The summed E-state index contributed by atoms with van der Waals surface area (Å²) < 4.78 is 5.16. The van der Waals surface area contributed by atoms with Crippen LogP contribution in [0.1, 0.15) is 41.5 Å². The molecule has 2 rings (SSSR count). The van der Waals surface area contributed by atoms with Crippen LogP contribution in [0.15, 0.2) is 6.07 Å². The standard InChI is InChI=1S/C15H22N4O3/c1-4-12-11(8-10(2)17-18-12)13(20)19-7-5-6-15(19,9-22-3)14(16)21/h8H,4-7,9H2,1-3H3,(H2,16,21). The molecule has 0 spiro atoms. The first kappa shape index (κ1) is 16.4. The summed E-state index contributed by atoms with van der Waals surface area (Å²) in [7, 11) is 1.50. The van der Waals surface area contributed by atoms with Gasteiger partial charge in [0.1, 0.15) is 5.54 Å². The number of nitrogens with two attached hydrogens (primary N) is 1. The van der Waals surface area contributed by atoms with E-state index in [-0.39, 0.29) is 12.5 Å². The van der Waals surface area contributed by atoms with Gasteiger partial charge in [0, 0.05) is 13.7 Å². The molecule has 1 aliphatic rings. The topological polar surface area (TPSA) is 98.4 Å². The van der Waals surface area contributed by atoms with Gasteiger partial charge in [0.05, 0.1) is 23.6 Å². The number of hydrogen-bond acceptors (Lipinski definition) is 5. The van der Waals surface area contributed by atoms with Gasteiger partial charge in [-0.1, -0.05) is 6.92 Å². The van der Waals surface area contributed by atoms with Crippen LogP contribution in [0.2, 0.25) is 0 Å². The molecule has 1 atom stereocenters. The highest BCUT2D eigenvalue weighted by Gasteiger charge is 2.49. The largest absolute Gasteiger partial charge is 0.382 e. The second-order valence-electron chi connectivity index (χ2n) is 5.59. The van der Waals surface area contributed by atoms with Crippen LogP contribution in [-0.4, -0.2) is 52.7 Å². The number of hydrogen-bond donors (Lipinski definition) is 1. The van der Waals surface area contributed by atoms with Crippen LogP contribution in [0.3, 0.4) is 0 Å². The van der Waals surface area contributed by atoms with Gasteiger partial charge in [-0.05, 0) is 32.3 Å². The number of carbonyl (C=O) groups excluding carboxylic acids is 2. The van der Waals surface area contributed by atoms with Gasteiger partial charge in [-0.2, -0.15) is 10.2 Å². The van der Waals surface area contributed by atoms with Crippen molar-refractivity contribution in [1.82, 2.24) is 15.1 Å². The van der Waals surface area contributed by atoms with Gasteiger partial charge in [-0.15, -0.1) is 0 Å². The summed E-state index contributed by atoms with van der Waals surface area (Å²) in [5, 5.41) is 8.07. The smallest absolute Gasteiger partial charge is 0.256 e.